The summed E-state index contributed by atoms with van der Waals surface area (Å²) in [5.41, 5.74) is 0.887. The average molecular weight is 402 g/mol. The third-order valence-corrected chi connectivity index (χ3v) is 5.48. The van der Waals surface area contributed by atoms with E-state index in [1.807, 2.05) is 12.1 Å². The molecule has 0 unspecified atom stereocenters. The lowest BCUT2D eigenvalue weighted by Gasteiger charge is -2.19. The second-order valence-electron chi connectivity index (χ2n) is 7.36. The van der Waals surface area contributed by atoms with Crippen LogP contribution in [0.3, 0.4) is 0 Å². The number of methoxy groups -OCH3 is 1. The molecule has 1 aliphatic carbocycles. The van der Waals surface area contributed by atoms with E-state index in [2.05, 4.69) is 5.32 Å². The minimum absolute atomic E-state index is 0.0109. The van der Waals surface area contributed by atoms with E-state index in [1.54, 1.807) is 19.2 Å². The van der Waals surface area contributed by atoms with Crippen LogP contribution in [0.2, 0.25) is 0 Å². The minimum atomic E-state index is -0.611. The van der Waals surface area contributed by atoms with Gasteiger partial charge in [0.15, 0.2) is 6.61 Å². The van der Waals surface area contributed by atoms with Gasteiger partial charge in [-0.2, -0.15) is 0 Å². The largest absolute Gasteiger partial charge is 0.497 e. The first kappa shape index (κ1) is 20.8. The van der Waals surface area contributed by atoms with Gasteiger partial charge in [-0.25, -0.2) is 0 Å². The Morgan fingerprint density at radius 3 is 2.28 bits per heavy atom. The standard InChI is InChI=1S/C21H26N2O6/c1-28-15-8-6-14(7-9-15)12-22-18(24)13-29-19(25)10-11-23-20(26)16-4-2-3-5-17(16)21(23)27/h6-9,16-17H,2-5,10-13H2,1H3,(H,22,24)/t16-,17-/m0/s1. The smallest absolute Gasteiger partial charge is 0.308 e. The molecule has 1 N–H and O–H groups in total. The molecule has 0 bridgehead atoms. The zero-order valence-corrected chi connectivity index (χ0v) is 16.5. The van der Waals surface area contributed by atoms with Crippen molar-refractivity contribution in [3.63, 3.8) is 0 Å². The molecule has 1 saturated heterocycles. The van der Waals surface area contributed by atoms with E-state index >= 15 is 0 Å². The number of nitrogens with zero attached hydrogens (tertiary/aromatic N) is 1. The Morgan fingerprint density at radius 2 is 1.69 bits per heavy atom. The van der Waals surface area contributed by atoms with Gasteiger partial charge in [-0.1, -0.05) is 25.0 Å². The van der Waals surface area contributed by atoms with E-state index in [0.717, 1.165) is 37.0 Å². The van der Waals surface area contributed by atoms with Gasteiger partial charge in [0, 0.05) is 13.1 Å². The van der Waals surface area contributed by atoms with Crippen LogP contribution in [0, 0.1) is 11.8 Å². The first-order valence-corrected chi connectivity index (χ1v) is 9.90. The Hall–Kier alpha value is -2.90. The number of benzene rings is 1. The summed E-state index contributed by atoms with van der Waals surface area (Å²) in [4.78, 5) is 49.7. The van der Waals surface area contributed by atoms with Crippen molar-refractivity contribution in [2.75, 3.05) is 20.3 Å². The summed E-state index contributed by atoms with van der Waals surface area (Å²) in [7, 11) is 1.58. The van der Waals surface area contributed by atoms with Crippen molar-refractivity contribution in [2.45, 2.75) is 38.6 Å². The Labute approximate surface area is 169 Å². The summed E-state index contributed by atoms with van der Waals surface area (Å²) in [5, 5.41) is 2.66. The maximum absolute atomic E-state index is 12.4. The second-order valence-corrected chi connectivity index (χ2v) is 7.36. The van der Waals surface area contributed by atoms with Gasteiger partial charge in [-0.15, -0.1) is 0 Å². The van der Waals surface area contributed by atoms with Crippen molar-refractivity contribution in [3.8, 4) is 5.75 Å². The summed E-state index contributed by atoms with van der Waals surface area (Å²) in [6.07, 6.45) is 3.29. The Balaban J connectivity index is 1.36. The van der Waals surface area contributed by atoms with Crippen molar-refractivity contribution in [1.82, 2.24) is 10.2 Å². The molecule has 1 saturated carbocycles. The van der Waals surface area contributed by atoms with E-state index < -0.39 is 18.5 Å². The van der Waals surface area contributed by atoms with Crippen molar-refractivity contribution in [3.05, 3.63) is 29.8 Å². The van der Waals surface area contributed by atoms with Gasteiger partial charge in [0.2, 0.25) is 11.8 Å². The number of hydrogen-bond donors (Lipinski definition) is 1. The highest BCUT2D eigenvalue weighted by Crippen LogP contribution is 2.37. The summed E-state index contributed by atoms with van der Waals surface area (Å²) in [6.45, 7) is -0.0843. The van der Waals surface area contributed by atoms with E-state index in [4.69, 9.17) is 9.47 Å². The van der Waals surface area contributed by atoms with Gasteiger partial charge in [-0.3, -0.25) is 24.1 Å². The lowest BCUT2D eigenvalue weighted by atomic mass is 9.81. The number of fused-ring (bicyclic) bond motifs is 1. The highest BCUT2D eigenvalue weighted by atomic mass is 16.5. The van der Waals surface area contributed by atoms with E-state index in [9.17, 15) is 19.2 Å². The molecule has 1 aromatic carbocycles. The highest BCUT2D eigenvalue weighted by molar-refractivity contribution is 6.05. The zero-order valence-electron chi connectivity index (χ0n) is 16.5. The van der Waals surface area contributed by atoms with E-state index in [-0.39, 0.29) is 36.6 Å². The minimum Gasteiger partial charge on any atom is -0.497 e. The third kappa shape index (κ3) is 5.13. The number of rotatable bonds is 8. The number of carbonyl (C=O) groups excluding carboxylic acids is 4. The van der Waals surface area contributed by atoms with Crippen LogP contribution in [0.4, 0.5) is 0 Å². The summed E-state index contributed by atoms with van der Waals surface area (Å²) >= 11 is 0. The monoisotopic (exact) mass is 402 g/mol. The average Bonchev–Trinajstić information content (AvgIpc) is 2.99. The molecule has 156 valence electrons. The molecule has 3 rings (SSSR count). The molecule has 3 amide bonds. The predicted molar refractivity (Wildman–Crippen MR) is 103 cm³/mol. The van der Waals surface area contributed by atoms with Crippen molar-refractivity contribution in [1.29, 1.82) is 0 Å². The molecule has 1 heterocycles. The molecule has 8 nitrogen and oxygen atoms in total. The quantitative estimate of drug-likeness (QED) is 0.521. The number of esters is 1. The normalized spacial score (nSPS) is 20.9. The number of imide groups is 1. The number of nitrogens with one attached hydrogen (secondary N) is 1. The molecular weight excluding hydrogens is 376 g/mol. The molecule has 29 heavy (non-hydrogen) atoms. The van der Waals surface area contributed by atoms with Gasteiger partial charge in [-0.05, 0) is 30.5 Å². The SMILES string of the molecule is COc1ccc(CNC(=O)COC(=O)CCN2C(=O)[C@H]3CCCC[C@@H]3C2=O)cc1. The fraction of sp³-hybridized carbons (Fsp3) is 0.524. The van der Waals surface area contributed by atoms with Crippen LogP contribution in [0.1, 0.15) is 37.7 Å². The molecular formula is C21H26N2O6. The highest BCUT2D eigenvalue weighted by Gasteiger charge is 2.47. The first-order valence-electron chi connectivity index (χ1n) is 9.90. The fourth-order valence-electron chi connectivity index (χ4n) is 3.87. The maximum Gasteiger partial charge on any atom is 0.308 e. The van der Waals surface area contributed by atoms with Crippen molar-refractivity contribution in [2.24, 2.45) is 11.8 Å². The van der Waals surface area contributed by atoms with Gasteiger partial charge in [0.1, 0.15) is 5.75 Å². The number of likely N-dealkylation sites (tertiary alicyclic amines) is 1. The molecule has 2 aliphatic rings. The molecule has 1 aliphatic heterocycles. The van der Waals surface area contributed by atoms with Crippen molar-refractivity contribution < 1.29 is 28.7 Å². The van der Waals surface area contributed by atoms with Crippen LogP contribution in [-0.2, 0) is 30.5 Å². The maximum atomic E-state index is 12.4. The van der Waals surface area contributed by atoms with Gasteiger partial charge >= 0.3 is 5.97 Å². The van der Waals surface area contributed by atoms with E-state index in [1.165, 1.54) is 4.90 Å². The van der Waals surface area contributed by atoms with Crippen LogP contribution >= 0.6 is 0 Å². The molecule has 2 fully saturated rings. The number of amides is 3. The topological polar surface area (TPSA) is 102 Å². The van der Waals surface area contributed by atoms with Crippen LogP contribution in [0.5, 0.6) is 5.75 Å². The molecule has 8 heteroatoms. The first-order chi connectivity index (χ1) is 14.0. The Kier molecular flexibility index (Phi) is 6.85. The van der Waals surface area contributed by atoms with Gasteiger partial charge < -0.3 is 14.8 Å². The fourth-order valence-corrected chi connectivity index (χ4v) is 3.87. The van der Waals surface area contributed by atoms with Gasteiger partial charge in [0.25, 0.3) is 5.91 Å². The third-order valence-electron chi connectivity index (χ3n) is 5.48. The number of hydrogen-bond acceptors (Lipinski definition) is 6. The lowest BCUT2D eigenvalue weighted by Crippen LogP contribution is -2.34. The van der Waals surface area contributed by atoms with Crippen LogP contribution < -0.4 is 10.1 Å². The van der Waals surface area contributed by atoms with Gasteiger partial charge in [0.05, 0.1) is 25.4 Å². The van der Waals surface area contributed by atoms with Crippen LogP contribution in [-0.4, -0.2) is 48.9 Å². The second kappa shape index (κ2) is 9.54. The Bertz CT molecular complexity index is 752. The summed E-state index contributed by atoms with van der Waals surface area (Å²) < 4.78 is 10.0. The number of carbonyl (C=O) groups is 4. The number of ether oxygens (including phenoxy) is 2. The predicted octanol–water partition coefficient (Wildman–Crippen LogP) is 1.42. The lowest BCUT2D eigenvalue weighted by molar-refractivity contribution is -0.150. The summed E-state index contributed by atoms with van der Waals surface area (Å²) in [5.74, 6) is -1.11. The van der Waals surface area contributed by atoms with Crippen molar-refractivity contribution >= 4 is 23.7 Å². The molecule has 0 aromatic heterocycles. The molecule has 1 aromatic rings. The van der Waals surface area contributed by atoms with Crippen LogP contribution in [0.15, 0.2) is 24.3 Å². The van der Waals surface area contributed by atoms with Crippen LogP contribution in [0.25, 0.3) is 0 Å². The van der Waals surface area contributed by atoms with E-state index in [0.29, 0.717) is 6.54 Å². The summed E-state index contributed by atoms with van der Waals surface area (Å²) in [6, 6.07) is 7.23. The Morgan fingerprint density at radius 1 is 1.07 bits per heavy atom. The molecule has 0 spiro atoms. The molecule has 2 atom stereocenters. The molecule has 0 radical (unpaired) electrons. The zero-order chi connectivity index (χ0) is 20.8.